The van der Waals surface area contributed by atoms with E-state index >= 15 is 0 Å². The molecular formula is C17H24O5S. The van der Waals surface area contributed by atoms with Crippen LogP contribution in [-0.2, 0) is 29.6 Å². The summed E-state index contributed by atoms with van der Waals surface area (Å²) in [4.78, 5) is 11.5. The van der Waals surface area contributed by atoms with Crippen LogP contribution >= 0.6 is 0 Å². The first-order valence-corrected chi connectivity index (χ1v) is 9.66. The van der Waals surface area contributed by atoms with Gasteiger partial charge in [0.05, 0.1) is 12.7 Å². The number of hydrogen-bond donors (Lipinski definition) is 0. The monoisotopic (exact) mass is 340 g/mol. The summed E-state index contributed by atoms with van der Waals surface area (Å²) in [6.45, 7) is 2.19. The topological polar surface area (TPSA) is 69.7 Å². The van der Waals surface area contributed by atoms with Gasteiger partial charge in [-0.15, -0.1) is 0 Å². The summed E-state index contributed by atoms with van der Waals surface area (Å²) in [6, 6.07) is 9.02. The van der Waals surface area contributed by atoms with Crippen molar-refractivity contribution in [1.82, 2.24) is 0 Å². The van der Waals surface area contributed by atoms with Gasteiger partial charge in [-0.05, 0) is 44.1 Å². The third-order valence-electron chi connectivity index (χ3n) is 4.02. The second-order valence-electron chi connectivity index (χ2n) is 5.94. The first kappa shape index (κ1) is 17.9. The van der Waals surface area contributed by atoms with Crippen LogP contribution in [0.3, 0.4) is 0 Å². The smallest absolute Gasteiger partial charge is 0.306 e. The van der Waals surface area contributed by atoms with Gasteiger partial charge in [0.1, 0.15) is 5.75 Å². The first-order valence-electron chi connectivity index (χ1n) is 8.09. The molecule has 23 heavy (non-hydrogen) atoms. The molecule has 1 aromatic carbocycles. The van der Waals surface area contributed by atoms with Crippen molar-refractivity contribution in [3.8, 4) is 0 Å². The minimum Gasteiger partial charge on any atom is -0.466 e. The van der Waals surface area contributed by atoms with Gasteiger partial charge in [0.2, 0.25) is 0 Å². The maximum absolute atomic E-state index is 12.1. The molecule has 2 rings (SSSR count). The standard InChI is InChI=1S/C17H24O5S/c1-2-21-17(18)12-14-8-10-16(11-9-14)22-23(19,20)13-15-6-4-3-5-7-15/h3-7,14,16H,2,8-13H2,1H3. The van der Waals surface area contributed by atoms with Gasteiger partial charge >= 0.3 is 5.97 Å². The summed E-state index contributed by atoms with van der Waals surface area (Å²) in [7, 11) is -3.58. The van der Waals surface area contributed by atoms with Crippen LogP contribution < -0.4 is 0 Å². The highest BCUT2D eigenvalue weighted by Crippen LogP contribution is 2.30. The Hall–Kier alpha value is -1.40. The molecule has 0 atom stereocenters. The van der Waals surface area contributed by atoms with Crippen molar-refractivity contribution in [1.29, 1.82) is 0 Å². The Morgan fingerprint density at radius 1 is 1.13 bits per heavy atom. The molecular weight excluding hydrogens is 316 g/mol. The van der Waals surface area contributed by atoms with Crippen molar-refractivity contribution in [2.45, 2.75) is 50.9 Å². The van der Waals surface area contributed by atoms with Crippen LogP contribution in [0, 0.1) is 5.92 Å². The molecule has 0 unspecified atom stereocenters. The van der Waals surface area contributed by atoms with E-state index in [4.69, 9.17) is 8.92 Å². The number of carbonyl (C=O) groups excluding carboxylic acids is 1. The minimum atomic E-state index is -3.58. The van der Waals surface area contributed by atoms with E-state index in [0.717, 1.165) is 18.4 Å². The van der Waals surface area contributed by atoms with Crippen LogP contribution in [0.1, 0.15) is 44.6 Å². The molecule has 6 heteroatoms. The highest BCUT2D eigenvalue weighted by Gasteiger charge is 2.27. The average molecular weight is 340 g/mol. The maximum Gasteiger partial charge on any atom is 0.306 e. The predicted molar refractivity (Wildman–Crippen MR) is 87.1 cm³/mol. The van der Waals surface area contributed by atoms with Crippen LogP contribution in [0.25, 0.3) is 0 Å². The van der Waals surface area contributed by atoms with E-state index in [9.17, 15) is 13.2 Å². The molecule has 1 aromatic rings. The van der Waals surface area contributed by atoms with Gasteiger partial charge in [-0.2, -0.15) is 8.42 Å². The molecule has 0 heterocycles. The van der Waals surface area contributed by atoms with E-state index in [1.54, 1.807) is 19.1 Å². The first-order chi connectivity index (χ1) is 11.0. The Balaban J connectivity index is 1.78. The Morgan fingerprint density at radius 3 is 2.39 bits per heavy atom. The highest BCUT2D eigenvalue weighted by atomic mass is 32.2. The predicted octanol–water partition coefficient (Wildman–Crippen LogP) is 3.05. The molecule has 1 aliphatic carbocycles. The van der Waals surface area contributed by atoms with Crippen LogP contribution in [0.5, 0.6) is 0 Å². The fourth-order valence-electron chi connectivity index (χ4n) is 2.91. The Morgan fingerprint density at radius 2 is 1.78 bits per heavy atom. The Bertz CT molecular complexity index is 589. The van der Waals surface area contributed by atoms with Gasteiger partial charge in [-0.3, -0.25) is 8.98 Å². The summed E-state index contributed by atoms with van der Waals surface area (Å²) in [5, 5.41) is 0. The lowest BCUT2D eigenvalue weighted by atomic mass is 9.85. The molecule has 1 fully saturated rings. The van der Waals surface area contributed by atoms with E-state index in [1.807, 2.05) is 18.2 Å². The molecule has 0 amide bonds. The zero-order valence-corrected chi connectivity index (χ0v) is 14.3. The van der Waals surface area contributed by atoms with Crippen molar-refractivity contribution in [3.63, 3.8) is 0 Å². The Kier molecular flexibility index (Phi) is 6.59. The lowest BCUT2D eigenvalue weighted by molar-refractivity contribution is -0.144. The number of rotatable bonds is 7. The van der Waals surface area contributed by atoms with Gasteiger partial charge in [-0.1, -0.05) is 30.3 Å². The number of ether oxygens (including phenoxy) is 1. The van der Waals surface area contributed by atoms with Crippen molar-refractivity contribution < 1.29 is 22.1 Å². The lowest BCUT2D eigenvalue weighted by Crippen LogP contribution is -2.26. The quantitative estimate of drug-likeness (QED) is 0.563. The number of carbonyl (C=O) groups is 1. The van der Waals surface area contributed by atoms with E-state index in [-0.39, 0.29) is 23.7 Å². The molecule has 0 aromatic heterocycles. The van der Waals surface area contributed by atoms with Gasteiger partial charge in [0.15, 0.2) is 0 Å². The summed E-state index contributed by atoms with van der Waals surface area (Å²) in [5.41, 5.74) is 0.725. The molecule has 0 spiro atoms. The van der Waals surface area contributed by atoms with Crippen molar-refractivity contribution in [2.75, 3.05) is 6.61 Å². The van der Waals surface area contributed by atoms with Crippen molar-refractivity contribution in [3.05, 3.63) is 35.9 Å². The zero-order valence-electron chi connectivity index (χ0n) is 13.4. The summed E-state index contributed by atoms with van der Waals surface area (Å²) in [6.07, 6.45) is 3.06. The van der Waals surface area contributed by atoms with E-state index in [1.165, 1.54) is 0 Å². The molecule has 0 saturated heterocycles. The highest BCUT2D eigenvalue weighted by molar-refractivity contribution is 7.85. The maximum atomic E-state index is 12.1. The summed E-state index contributed by atoms with van der Waals surface area (Å²) >= 11 is 0. The second kappa shape index (κ2) is 8.45. The number of benzene rings is 1. The van der Waals surface area contributed by atoms with E-state index < -0.39 is 10.1 Å². The van der Waals surface area contributed by atoms with Crippen molar-refractivity contribution >= 4 is 16.1 Å². The largest absolute Gasteiger partial charge is 0.466 e. The fourth-order valence-corrected chi connectivity index (χ4v) is 4.18. The van der Waals surface area contributed by atoms with Gasteiger partial charge in [0, 0.05) is 6.42 Å². The summed E-state index contributed by atoms with van der Waals surface area (Å²) < 4.78 is 34.5. The molecule has 5 nitrogen and oxygen atoms in total. The van der Waals surface area contributed by atoms with Crippen LogP contribution in [0.2, 0.25) is 0 Å². The molecule has 1 saturated carbocycles. The van der Waals surface area contributed by atoms with Crippen LogP contribution in [-0.4, -0.2) is 27.1 Å². The normalized spacial score (nSPS) is 21.8. The van der Waals surface area contributed by atoms with Crippen LogP contribution in [0.4, 0.5) is 0 Å². The number of esters is 1. The molecule has 0 N–H and O–H groups in total. The summed E-state index contributed by atoms with van der Waals surface area (Å²) in [5.74, 6) is -0.00403. The molecule has 0 radical (unpaired) electrons. The molecule has 0 aliphatic heterocycles. The van der Waals surface area contributed by atoms with Gasteiger partial charge in [-0.25, -0.2) is 0 Å². The van der Waals surface area contributed by atoms with E-state index in [0.29, 0.717) is 25.9 Å². The van der Waals surface area contributed by atoms with Crippen molar-refractivity contribution in [2.24, 2.45) is 5.92 Å². The average Bonchev–Trinajstić information content (AvgIpc) is 2.50. The minimum absolute atomic E-state index is 0.101. The fraction of sp³-hybridized carbons (Fsp3) is 0.588. The Labute approximate surface area is 138 Å². The SMILES string of the molecule is CCOC(=O)CC1CCC(OS(=O)(=O)Cc2ccccc2)CC1. The third-order valence-corrected chi connectivity index (χ3v) is 5.28. The second-order valence-corrected chi connectivity index (χ2v) is 7.53. The molecule has 0 bridgehead atoms. The zero-order chi connectivity index (χ0) is 16.7. The van der Waals surface area contributed by atoms with Crippen LogP contribution in [0.15, 0.2) is 30.3 Å². The molecule has 1 aliphatic rings. The lowest BCUT2D eigenvalue weighted by Gasteiger charge is -2.27. The van der Waals surface area contributed by atoms with Gasteiger partial charge < -0.3 is 4.74 Å². The van der Waals surface area contributed by atoms with Gasteiger partial charge in [0.25, 0.3) is 10.1 Å². The van der Waals surface area contributed by atoms with E-state index in [2.05, 4.69) is 0 Å². The third kappa shape index (κ3) is 6.31. The molecule has 128 valence electrons. The number of hydrogen-bond acceptors (Lipinski definition) is 5.